The van der Waals surface area contributed by atoms with Gasteiger partial charge in [0.2, 0.25) is 0 Å². The van der Waals surface area contributed by atoms with Crippen LogP contribution in [0.3, 0.4) is 0 Å². The average molecular weight is 194 g/mol. The molecule has 0 aromatic carbocycles. The van der Waals surface area contributed by atoms with Gasteiger partial charge in [0.05, 0.1) is 6.67 Å². The fraction of sp³-hybridized carbons (Fsp3) is 1.00. The van der Waals surface area contributed by atoms with Crippen molar-refractivity contribution >= 4 is 0 Å². The second-order valence-corrected chi connectivity index (χ2v) is 2.00. The van der Waals surface area contributed by atoms with Crippen LogP contribution in [0.1, 0.15) is 0 Å². The van der Waals surface area contributed by atoms with Crippen molar-refractivity contribution in [1.82, 2.24) is 0 Å². The first-order valence-corrected chi connectivity index (χ1v) is 2.95. The number of rotatable bonds is 4. The van der Waals surface area contributed by atoms with E-state index in [4.69, 9.17) is 0 Å². The maximum atomic E-state index is 11.9. The second kappa shape index (κ2) is 3.97. The molecule has 0 aliphatic rings. The maximum Gasteiger partial charge on any atom is 0.451 e. The van der Waals surface area contributed by atoms with Gasteiger partial charge in [-0.2, -0.15) is 22.0 Å². The molecule has 0 spiro atoms. The molecule has 74 valence electrons. The minimum atomic E-state index is -5.60. The quantitative estimate of drug-likeness (QED) is 0.482. The van der Waals surface area contributed by atoms with E-state index in [1.807, 2.05) is 0 Å². The molecule has 0 amide bonds. The van der Waals surface area contributed by atoms with E-state index in [1.165, 1.54) is 0 Å². The summed E-state index contributed by atoms with van der Waals surface area (Å²) in [5.41, 5.74) is 0. The molecule has 7 heteroatoms. The monoisotopic (exact) mass is 194 g/mol. The zero-order valence-electron chi connectivity index (χ0n) is 5.84. The Morgan fingerprint density at radius 1 is 1.00 bits per heavy atom. The third-order valence-electron chi connectivity index (χ3n) is 0.968. The van der Waals surface area contributed by atoms with Gasteiger partial charge in [0.25, 0.3) is 0 Å². The molecule has 0 rings (SSSR count). The zero-order valence-corrected chi connectivity index (χ0v) is 5.84. The van der Waals surface area contributed by atoms with Crippen LogP contribution in [0.4, 0.5) is 26.3 Å². The van der Waals surface area contributed by atoms with Crippen LogP contribution < -0.4 is 0 Å². The molecule has 0 radical (unpaired) electrons. The molecule has 0 bridgehead atoms. The second-order valence-electron chi connectivity index (χ2n) is 2.00. The molecule has 0 aliphatic heterocycles. The number of hydrogen-bond donors (Lipinski definition) is 0. The summed E-state index contributed by atoms with van der Waals surface area (Å²) < 4.78 is 69.1. The van der Waals surface area contributed by atoms with E-state index < -0.39 is 31.9 Å². The van der Waals surface area contributed by atoms with Crippen LogP contribution in [0.5, 0.6) is 0 Å². The first kappa shape index (κ1) is 11.5. The standard InChI is InChI=1S/C5H6F6N/c6-1-2-12-3-4(7,8)5(9,10)11/h1-3H2/q-1. The van der Waals surface area contributed by atoms with E-state index >= 15 is 0 Å². The van der Waals surface area contributed by atoms with Crippen molar-refractivity contribution < 1.29 is 26.3 Å². The number of halogens is 6. The lowest BCUT2D eigenvalue weighted by molar-refractivity contribution is -0.274. The van der Waals surface area contributed by atoms with Gasteiger partial charge in [-0.05, 0) is 0 Å². The van der Waals surface area contributed by atoms with Crippen molar-refractivity contribution in [2.45, 2.75) is 12.1 Å². The molecule has 0 saturated carbocycles. The van der Waals surface area contributed by atoms with E-state index in [1.54, 1.807) is 0 Å². The van der Waals surface area contributed by atoms with E-state index in [0.29, 0.717) is 0 Å². The van der Waals surface area contributed by atoms with Crippen LogP contribution in [0, 0.1) is 0 Å². The highest BCUT2D eigenvalue weighted by Crippen LogP contribution is 2.36. The van der Waals surface area contributed by atoms with Gasteiger partial charge in [0, 0.05) is 0 Å². The molecule has 0 heterocycles. The van der Waals surface area contributed by atoms with Gasteiger partial charge < -0.3 is 5.32 Å². The van der Waals surface area contributed by atoms with Crippen molar-refractivity contribution in [2.24, 2.45) is 0 Å². The van der Waals surface area contributed by atoms with Gasteiger partial charge in [-0.25, -0.2) is 0 Å². The summed E-state index contributed by atoms with van der Waals surface area (Å²) in [5.74, 6) is -4.85. The summed E-state index contributed by atoms with van der Waals surface area (Å²) in [6.07, 6.45) is -5.60. The Morgan fingerprint density at radius 3 is 1.83 bits per heavy atom. The molecule has 0 atom stereocenters. The predicted octanol–water partition coefficient (Wildman–Crippen LogP) is 2.53. The summed E-state index contributed by atoms with van der Waals surface area (Å²) in [5, 5.41) is 2.68. The normalized spacial score (nSPS) is 13.5. The molecule has 0 unspecified atom stereocenters. The SMILES string of the molecule is FCC[N-]CC(F)(F)C(F)(F)F. The molecule has 0 N–H and O–H groups in total. The smallest absolute Gasteiger partial charge is 0.451 e. The largest absolute Gasteiger partial charge is 0.655 e. The Labute approximate surface area is 64.7 Å². The van der Waals surface area contributed by atoms with Gasteiger partial charge in [0.1, 0.15) is 0 Å². The summed E-state index contributed by atoms with van der Waals surface area (Å²) in [6.45, 7) is -3.37. The van der Waals surface area contributed by atoms with E-state index in [9.17, 15) is 26.3 Å². The molecule has 1 nitrogen and oxygen atoms in total. The van der Waals surface area contributed by atoms with Crippen molar-refractivity contribution in [1.29, 1.82) is 0 Å². The molecule has 0 saturated heterocycles. The molecular weight excluding hydrogens is 188 g/mol. The first-order chi connectivity index (χ1) is 5.31. The third kappa shape index (κ3) is 3.29. The summed E-state index contributed by atoms with van der Waals surface area (Å²) in [6, 6.07) is 0. The lowest BCUT2D eigenvalue weighted by Gasteiger charge is -2.27. The third-order valence-corrected chi connectivity index (χ3v) is 0.968. The van der Waals surface area contributed by atoms with Crippen LogP contribution in [0.15, 0.2) is 0 Å². The molecular formula is C5H6F6N-. The van der Waals surface area contributed by atoms with Crippen LogP contribution in [0.25, 0.3) is 5.32 Å². The minimum Gasteiger partial charge on any atom is -0.655 e. The minimum absolute atomic E-state index is 0.633. The average Bonchev–Trinajstić information content (AvgIpc) is 1.85. The number of hydrogen-bond acceptors (Lipinski definition) is 0. The van der Waals surface area contributed by atoms with Crippen molar-refractivity contribution in [3.8, 4) is 0 Å². The highest BCUT2D eigenvalue weighted by Gasteiger charge is 2.54. The summed E-state index contributed by atoms with van der Waals surface area (Å²) in [4.78, 5) is 0. The van der Waals surface area contributed by atoms with E-state index in [2.05, 4.69) is 5.32 Å². The fourth-order valence-corrected chi connectivity index (χ4v) is 0.369. The Bertz CT molecular complexity index is 130. The topological polar surface area (TPSA) is 14.1 Å². The van der Waals surface area contributed by atoms with Crippen molar-refractivity contribution in [3.63, 3.8) is 0 Å². The van der Waals surface area contributed by atoms with Gasteiger partial charge in [-0.1, -0.05) is 6.54 Å². The van der Waals surface area contributed by atoms with Crippen LogP contribution >= 0.6 is 0 Å². The molecule has 0 aromatic heterocycles. The van der Waals surface area contributed by atoms with Gasteiger partial charge >= 0.3 is 12.1 Å². The number of alkyl halides is 6. The molecule has 0 aromatic rings. The summed E-state index contributed by atoms with van der Waals surface area (Å²) >= 11 is 0. The lowest BCUT2D eigenvalue weighted by Crippen LogP contribution is -2.39. The zero-order chi connectivity index (χ0) is 9.83. The van der Waals surface area contributed by atoms with Crippen LogP contribution in [0.2, 0.25) is 0 Å². The highest BCUT2D eigenvalue weighted by molar-refractivity contribution is 4.91. The van der Waals surface area contributed by atoms with Gasteiger partial charge in [0.15, 0.2) is 0 Å². The van der Waals surface area contributed by atoms with Crippen LogP contribution in [-0.2, 0) is 0 Å². The van der Waals surface area contributed by atoms with Gasteiger partial charge in [-0.15, -0.1) is 6.54 Å². The molecule has 0 fully saturated rings. The number of nitrogens with zero attached hydrogens (tertiary/aromatic N) is 1. The Morgan fingerprint density at radius 2 is 1.50 bits per heavy atom. The van der Waals surface area contributed by atoms with Crippen LogP contribution in [-0.4, -0.2) is 31.9 Å². The Kier molecular flexibility index (Phi) is 3.82. The van der Waals surface area contributed by atoms with E-state index in [0.717, 1.165) is 0 Å². The lowest BCUT2D eigenvalue weighted by atomic mass is 10.3. The van der Waals surface area contributed by atoms with Crippen molar-refractivity contribution in [3.05, 3.63) is 5.32 Å². The van der Waals surface area contributed by atoms with E-state index in [-0.39, 0.29) is 0 Å². The highest BCUT2D eigenvalue weighted by atomic mass is 19.4. The van der Waals surface area contributed by atoms with Crippen molar-refractivity contribution in [2.75, 3.05) is 19.8 Å². The van der Waals surface area contributed by atoms with Gasteiger partial charge in [-0.3, -0.25) is 4.39 Å². The summed E-state index contributed by atoms with van der Waals surface area (Å²) in [7, 11) is 0. The Hall–Kier alpha value is -0.460. The Balaban J connectivity index is 3.88. The first-order valence-electron chi connectivity index (χ1n) is 2.95. The molecule has 0 aliphatic carbocycles. The maximum absolute atomic E-state index is 11.9. The molecule has 12 heavy (non-hydrogen) atoms. The predicted molar refractivity (Wildman–Crippen MR) is 30.1 cm³/mol. The fourth-order valence-electron chi connectivity index (χ4n) is 0.369.